The molecule has 1 N–H and O–H groups in total. The Hall–Kier alpha value is -1.89. The van der Waals surface area contributed by atoms with Crippen LogP contribution in [0.4, 0.5) is 23.4 Å². The maximum atomic E-state index is 12.9. The molecule has 0 aliphatic carbocycles. The first kappa shape index (κ1) is 14.5. The maximum absolute atomic E-state index is 12.9. The van der Waals surface area contributed by atoms with Gasteiger partial charge in [0.2, 0.25) is 0 Å². The Labute approximate surface area is 116 Å². The van der Waals surface area contributed by atoms with Crippen LogP contribution in [0.15, 0.2) is 30.3 Å². The van der Waals surface area contributed by atoms with Gasteiger partial charge in [0, 0.05) is 6.54 Å². The number of benzene rings is 1. The summed E-state index contributed by atoms with van der Waals surface area (Å²) in [5.41, 5.74) is -0.397. The van der Waals surface area contributed by atoms with E-state index >= 15 is 0 Å². The Bertz CT molecular complexity index is 599. The monoisotopic (exact) mass is 305 g/mol. The van der Waals surface area contributed by atoms with Crippen molar-refractivity contribution in [1.29, 1.82) is 0 Å². The first-order valence-corrected chi connectivity index (χ1v) is 5.83. The summed E-state index contributed by atoms with van der Waals surface area (Å²) in [5.74, 6) is -0.358. The van der Waals surface area contributed by atoms with Crippen LogP contribution in [-0.4, -0.2) is 10.2 Å². The quantitative estimate of drug-likeness (QED) is 0.874. The number of aromatic nitrogens is 2. The van der Waals surface area contributed by atoms with Crippen LogP contribution in [-0.2, 0) is 12.7 Å². The van der Waals surface area contributed by atoms with Gasteiger partial charge in [0.25, 0.3) is 0 Å². The lowest BCUT2D eigenvalue weighted by atomic mass is 10.2. The molecule has 0 spiro atoms. The summed E-state index contributed by atoms with van der Waals surface area (Å²) in [5, 5.41) is 9.22. The summed E-state index contributed by atoms with van der Waals surface area (Å²) in [4.78, 5) is 0. The van der Waals surface area contributed by atoms with Crippen molar-refractivity contribution in [2.45, 2.75) is 12.7 Å². The minimum atomic E-state index is -4.52. The molecule has 0 unspecified atom stereocenters. The molecule has 3 nitrogen and oxygen atoms in total. The van der Waals surface area contributed by atoms with Crippen LogP contribution in [0.1, 0.15) is 11.3 Å². The fraction of sp³-hybridized carbons (Fsp3) is 0.167. The van der Waals surface area contributed by atoms with E-state index in [1.54, 1.807) is 0 Å². The van der Waals surface area contributed by atoms with E-state index in [4.69, 9.17) is 11.6 Å². The Morgan fingerprint density at radius 3 is 2.40 bits per heavy atom. The summed E-state index contributed by atoms with van der Waals surface area (Å²) in [6, 6.07) is 6.12. The van der Waals surface area contributed by atoms with E-state index in [-0.39, 0.29) is 17.4 Å². The van der Waals surface area contributed by atoms with Crippen LogP contribution >= 0.6 is 11.6 Å². The van der Waals surface area contributed by atoms with Crippen molar-refractivity contribution in [1.82, 2.24) is 10.2 Å². The fourth-order valence-electron chi connectivity index (χ4n) is 1.42. The Balaban J connectivity index is 2.02. The number of nitrogens with one attached hydrogen (secondary N) is 1. The summed E-state index contributed by atoms with van der Waals surface area (Å²) in [6.45, 7) is 0.236. The van der Waals surface area contributed by atoms with Crippen molar-refractivity contribution >= 4 is 17.4 Å². The smallest absolute Gasteiger partial charge is 0.365 e. The molecule has 0 saturated heterocycles. The fourth-order valence-corrected chi connectivity index (χ4v) is 1.62. The normalized spacial score (nSPS) is 11.4. The van der Waals surface area contributed by atoms with E-state index in [0.717, 1.165) is 6.07 Å². The van der Waals surface area contributed by atoms with Crippen LogP contribution in [0.5, 0.6) is 0 Å². The molecule has 1 aromatic carbocycles. The van der Waals surface area contributed by atoms with E-state index < -0.39 is 17.7 Å². The molecule has 20 heavy (non-hydrogen) atoms. The number of anilines is 1. The maximum Gasteiger partial charge on any atom is 0.435 e. The second kappa shape index (κ2) is 5.62. The van der Waals surface area contributed by atoms with Gasteiger partial charge < -0.3 is 5.32 Å². The molecule has 0 amide bonds. The topological polar surface area (TPSA) is 37.8 Å². The SMILES string of the molecule is Fc1ccc(CNc2ccc(C(F)(F)F)nn2)cc1Cl. The minimum absolute atomic E-state index is 0.0252. The van der Waals surface area contributed by atoms with Gasteiger partial charge in [0.15, 0.2) is 5.69 Å². The van der Waals surface area contributed by atoms with Crippen LogP contribution in [0.25, 0.3) is 0 Å². The van der Waals surface area contributed by atoms with Crippen molar-refractivity contribution in [2.24, 2.45) is 0 Å². The highest BCUT2D eigenvalue weighted by Crippen LogP contribution is 2.27. The molecule has 2 rings (SSSR count). The molecule has 106 valence electrons. The molecular formula is C12H8ClF4N3. The van der Waals surface area contributed by atoms with Crippen molar-refractivity contribution < 1.29 is 17.6 Å². The number of alkyl halides is 3. The van der Waals surface area contributed by atoms with Gasteiger partial charge >= 0.3 is 6.18 Å². The van der Waals surface area contributed by atoms with Gasteiger partial charge in [-0.1, -0.05) is 17.7 Å². The number of rotatable bonds is 3. The largest absolute Gasteiger partial charge is 0.435 e. The predicted molar refractivity (Wildman–Crippen MR) is 65.8 cm³/mol. The first-order valence-electron chi connectivity index (χ1n) is 5.45. The predicted octanol–water partition coefficient (Wildman–Crippen LogP) is 3.90. The van der Waals surface area contributed by atoms with Crippen LogP contribution in [0.3, 0.4) is 0 Å². The summed E-state index contributed by atoms with van der Waals surface area (Å²) in [7, 11) is 0. The van der Waals surface area contributed by atoms with Gasteiger partial charge in [-0.3, -0.25) is 0 Å². The molecule has 0 saturated carbocycles. The number of nitrogens with zero attached hydrogens (tertiary/aromatic N) is 2. The van der Waals surface area contributed by atoms with Crippen molar-refractivity contribution in [3.8, 4) is 0 Å². The summed E-state index contributed by atoms with van der Waals surface area (Å²) >= 11 is 5.61. The van der Waals surface area contributed by atoms with E-state index in [1.165, 1.54) is 24.3 Å². The Morgan fingerprint density at radius 1 is 1.10 bits per heavy atom. The van der Waals surface area contributed by atoms with Crippen molar-refractivity contribution in [3.05, 3.63) is 52.4 Å². The molecule has 0 aliphatic rings. The van der Waals surface area contributed by atoms with Gasteiger partial charge in [-0.15, -0.1) is 10.2 Å². The molecule has 0 radical (unpaired) electrons. The highest BCUT2D eigenvalue weighted by atomic mass is 35.5. The second-order valence-electron chi connectivity index (χ2n) is 3.90. The molecule has 0 atom stereocenters. The zero-order valence-corrected chi connectivity index (χ0v) is 10.6. The second-order valence-corrected chi connectivity index (χ2v) is 4.31. The molecular weight excluding hydrogens is 298 g/mol. The molecule has 0 aliphatic heterocycles. The number of hydrogen-bond acceptors (Lipinski definition) is 3. The molecule has 2 aromatic rings. The average molecular weight is 306 g/mol. The number of halogens is 5. The standard InChI is InChI=1S/C12H8ClF4N3/c13-8-5-7(1-2-9(8)14)6-18-11-4-3-10(19-20-11)12(15,16)17/h1-5H,6H2,(H,18,20). The Kier molecular flexibility index (Phi) is 4.08. The lowest BCUT2D eigenvalue weighted by Gasteiger charge is -2.08. The average Bonchev–Trinajstić information content (AvgIpc) is 2.40. The van der Waals surface area contributed by atoms with Gasteiger partial charge in [-0.05, 0) is 29.8 Å². The van der Waals surface area contributed by atoms with E-state index in [9.17, 15) is 17.6 Å². The third-order valence-electron chi connectivity index (χ3n) is 2.41. The lowest BCUT2D eigenvalue weighted by molar-refractivity contribution is -0.141. The van der Waals surface area contributed by atoms with Gasteiger partial charge in [-0.2, -0.15) is 13.2 Å². The van der Waals surface area contributed by atoms with Gasteiger partial charge in [0.1, 0.15) is 11.6 Å². The van der Waals surface area contributed by atoms with E-state index in [2.05, 4.69) is 15.5 Å². The van der Waals surface area contributed by atoms with Gasteiger partial charge in [0.05, 0.1) is 5.02 Å². The summed E-state index contributed by atoms with van der Waals surface area (Å²) < 4.78 is 49.8. The lowest BCUT2D eigenvalue weighted by Crippen LogP contribution is -2.10. The van der Waals surface area contributed by atoms with Crippen molar-refractivity contribution in [3.63, 3.8) is 0 Å². The summed E-state index contributed by atoms with van der Waals surface area (Å²) in [6.07, 6.45) is -4.52. The third kappa shape index (κ3) is 3.57. The first-order chi connectivity index (χ1) is 9.36. The zero-order valence-electron chi connectivity index (χ0n) is 9.88. The van der Waals surface area contributed by atoms with Crippen LogP contribution < -0.4 is 5.32 Å². The Morgan fingerprint density at radius 2 is 1.85 bits per heavy atom. The number of hydrogen-bond donors (Lipinski definition) is 1. The molecule has 8 heteroatoms. The van der Waals surface area contributed by atoms with Gasteiger partial charge in [-0.25, -0.2) is 4.39 Å². The van der Waals surface area contributed by atoms with E-state index in [1.807, 2.05) is 0 Å². The van der Waals surface area contributed by atoms with Crippen LogP contribution in [0.2, 0.25) is 5.02 Å². The molecule has 1 heterocycles. The third-order valence-corrected chi connectivity index (χ3v) is 2.70. The molecule has 0 bridgehead atoms. The molecule has 1 aromatic heterocycles. The zero-order chi connectivity index (χ0) is 14.8. The van der Waals surface area contributed by atoms with E-state index in [0.29, 0.717) is 5.56 Å². The highest BCUT2D eigenvalue weighted by molar-refractivity contribution is 6.30. The minimum Gasteiger partial charge on any atom is -0.365 e. The highest BCUT2D eigenvalue weighted by Gasteiger charge is 2.32. The van der Waals surface area contributed by atoms with Crippen LogP contribution in [0, 0.1) is 5.82 Å². The van der Waals surface area contributed by atoms with Crippen molar-refractivity contribution in [2.75, 3.05) is 5.32 Å². The molecule has 0 fully saturated rings.